The van der Waals surface area contributed by atoms with E-state index in [-0.39, 0.29) is 24.7 Å². The van der Waals surface area contributed by atoms with Crippen LogP contribution in [0, 0.1) is 11.6 Å². The Kier molecular flexibility index (Phi) is 4.63. The van der Waals surface area contributed by atoms with E-state index in [0.717, 1.165) is 12.3 Å². The average Bonchev–Trinajstić information content (AvgIpc) is 2.22. The van der Waals surface area contributed by atoms with Crippen LogP contribution < -0.4 is 10.6 Å². The standard InChI is InChI=1S/C10H13F2N3O/c1-2-13-9(16)3-4-14-10-8(12)5-7(11)6-15-10/h5-6H,2-4H2,1H3,(H,13,16)(H,14,15). The molecular weight excluding hydrogens is 216 g/mol. The first-order chi connectivity index (χ1) is 7.63. The highest BCUT2D eigenvalue weighted by Crippen LogP contribution is 2.10. The van der Waals surface area contributed by atoms with Crippen molar-refractivity contribution in [3.05, 3.63) is 23.9 Å². The average molecular weight is 229 g/mol. The summed E-state index contributed by atoms with van der Waals surface area (Å²) in [5.41, 5.74) is 0. The fourth-order valence-corrected chi connectivity index (χ4v) is 1.12. The van der Waals surface area contributed by atoms with Crippen LogP contribution in [0.2, 0.25) is 0 Å². The van der Waals surface area contributed by atoms with Crippen molar-refractivity contribution >= 4 is 11.7 Å². The number of rotatable bonds is 5. The van der Waals surface area contributed by atoms with Crippen molar-refractivity contribution < 1.29 is 13.6 Å². The van der Waals surface area contributed by atoms with Gasteiger partial charge in [-0.1, -0.05) is 0 Å². The third kappa shape index (κ3) is 3.80. The molecule has 0 saturated heterocycles. The van der Waals surface area contributed by atoms with Gasteiger partial charge in [0.25, 0.3) is 0 Å². The van der Waals surface area contributed by atoms with E-state index in [9.17, 15) is 13.6 Å². The summed E-state index contributed by atoms with van der Waals surface area (Å²) in [5.74, 6) is -1.68. The number of carbonyl (C=O) groups is 1. The fraction of sp³-hybridized carbons (Fsp3) is 0.400. The number of anilines is 1. The van der Waals surface area contributed by atoms with Gasteiger partial charge in [-0.15, -0.1) is 0 Å². The number of nitrogens with zero attached hydrogens (tertiary/aromatic N) is 1. The summed E-state index contributed by atoms with van der Waals surface area (Å²) in [6.07, 6.45) is 1.13. The minimum atomic E-state index is -0.768. The first-order valence-electron chi connectivity index (χ1n) is 4.95. The van der Waals surface area contributed by atoms with Crippen molar-refractivity contribution in [3.63, 3.8) is 0 Å². The van der Waals surface area contributed by atoms with E-state index in [1.807, 2.05) is 6.92 Å². The van der Waals surface area contributed by atoms with Crippen molar-refractivity contribution in [2.75, 3.05) is 18.4 Å². The number of hydrogen-bond donors (Lipinski definition) is 2. The van der Waals surface area contributed by atoms with Gasteiger partial charge in [0.2, 0.25) is 5.91 Å². The lowest BCUT2D eigenvalue weighted by atomic mass is 10.3. The molecule has 0 aliphatic heterocycles. The smallest absolute Gasteiger partial charge is 0.221 e. The van der Waals surface area contributed by atoms with Gasteiger partial charge in [-0.05, 0) is 6.92 Å². The summed E-state index contributed by atoms with van der Waals surface area (Å²) in [6, 6.07) is 0.738. The van der Waals surface area contributed by atoms with E-state index >= 15 is 0 Å². The zero-order valence-corrected chi connectivity index (χ0v) is 8.89. The summed E-state index contributed by atoms with van der Waals surface area (Å²) in [7, 11) is 0. The van der Waals surface area contributed by atoms with Crippen LogP contribution in [-0.2, 0) is 4.79 Å². The van der Waals surface area contributed by atoms with Crippen LogP contribution in [-0.4, -0.2) is 24.0 Å². The molecule has 0 aliphatic carbocycles. The lowest BCUT2D eigenvalue weighted by Crippen LogP contribution is -2.25. The van der Waals surface area contributed by atoms with Crippen LogP contribution in [0.15, 0.2) is 12.3 Å². The number of halogens is 2. The number of amides is 1. The Hall–Kier alpha value is -1.72. The van der Waals surface area contributed by atoms with Crippen LogP contribution in [0.1, 0.15) is 13.3 Å². The second-order valence-electron chi connectivity index (χ2n) is 3.11. The SMILES string of the molecule is CCNC(=O)CCNc1ncc(F)cc1F. The first-order valence-corrected chi connectivity index (χ1v) is 4.95. The molecule has 0 unspecified atom stereocenters. The van der Waals surface area contributed by atoms with Gasteiger partial charge in [-0.2, -0.15) is 0 Å². The van der Waals surface area contributed by atoms with E-state index in [1.54, 1.807) is 0 Å². The molecule has 0 spiro atoms. The van der Waals surface area contributed by atoms with Crippen molar-refractivity contribution in [1.29, 1.82) is 0 Å². The minimum absolute atomic E-state index is 0.0503. The summed E-state index contributed by atoms with van der Waals surface area (Å²) in [4.78, 5) is 14.6. The lowest BCUT2D eigenvalue weighted by molar-refractivity contribution is -0.120. The highest BCUT2D eigenvalue weighted by Gasteiger charge is 2.05. The van der Waals surface area contributed by atoms with Crippen molar-refractivity contribution in [2.45, 2.75) is 13.3 Å². The maximum absolute atomic E-state index is 13.1. The van der Waals surface area contributed by atoms with E-state index in [2.05, 4.69) is 15.6 Å². The van der Waals surface area contributed by atoms with Gasteiger partial charge < -0.3 is 10.6 Å². The van der Waals surface area contributed by atoms with Gasteiger partial charge in [0, 0.05) is 25.6 Å². The zero-order chi connectivity index (χ0) is 12.0. The summed E-state index contributed by atoms with van der Waals surface area (Å²) in [5, 5.41) is 5.22. The molecule has 1 rings (SSSR count). The predicted molar refractivity (Wildman–Crippen MR) is 55.9 cm³/mol. The van der Waals surface area contributed by atoms with E-state index < -0.39 is 11.6 Å². The second-order valence-corrected chi connectivity index (χ2v) is 3.11. The Labute approximate surface area is 92.1 Å². The molecule has 1 aromatic rings. The van der Waals surface area contributed by atoms with E-state index in [0.29, 0.717) is 6.54 Å². The molecular formula is C10H13F2N3O. The van der Waals surface area contributed by atoms with Crippen LogP contribution in [0.3, 0.4) is 0 Å². The van der Waals surface area contributed by atoms with Crippen molar-refractivity contribution in [1.82, 2.24) is 10.3 Å². The zero-order valence-electron chi connectivity index (χ0n) is 8.89. The third-order valence-corrected chi connectivity index (χ3v) is 1.83. The molecule has 0 radical (unpaired) electrons. The normalized spacial score (nSPS) is 9.94. The highest BCUT2D eigenvalue weighted by molar-refractivity contribution is 5.76. The first kappa shape index (κ1) is 12.4. The molecule has 0 aliphatic rings. The van der Waals surface area contributed by atoms with Crippen molar-refractivity contribution in [2.24, 2.45) is 0 Å². The number of hydrogen-bond acceptors (Lipinski definition) is 3. The molecule has 88 valence electrons. The second kappa shape index (κ2) is 5.99. The quantitative estimate of drug-likeness (QED) is 0.800. The van der Waals surface area contributed by atoms with Crippen LogP contribution >= 0.6 is 0 Å². The molecule has 1 aromatic heterocycles. The molecule has 1 heterocycles. The predicted octanol–water partition coefficient (Wildman–Crippen LogP) is 1.30. The molecule has 0 saturated carbocycles. The number of nitrogens with one attached hydrogen (secondary N) is 2. The summed E-state index contributed by atoms with van der Waals surface area (Å²) in [6.45, 7) is 2.62. The largest absolute Gasteiger partial charge is 0.367 e. The van der Waals surface area contributed by atoms with E-state index in [1.165, 1.54) is 0 Å². The molecule has 0 atom stereocenters. The summed E-state index contributed by atoms with van der Waals surface area (Å²) < 4.78 is 25.6. The summed E-state index contributed by atoms with van der Waals surface area (Å²) >= 11 is 0. The Morgan fingerprint density at radius 2 is 2.25 bits per heavy atom. The monoisotopic (exact) mass is 229 g/mol. The molecule has 2 N–H and O–H groups in total. The maximum Gasteiger partial charge on any atom is 0.221 e. The lowest BCUT2D eigenvalue weighted by Gasteiger charge is -2.06. The third-order valence-electron chi connectivity index (χ3n) is 1.83. The Bertz CT molecular complexity index is 371. The van der Waals surface area contributed by atoms with Crippen molar-refractivity contribution in [3.8, 4) is 0 Å². The highest BCUT2D eigenvalue weighted by atomic mass is 19.1. The van der Waals surface area contributed by atoms with Gasteiger partial charge >= 0.3 is 0 Å². The molecule has 0 bridgehead atoms. The van der Waals surface area contributed by atoms with Gasteiger partial charge in [0.15, 0.2) is 11.6 Å². The fourth-order valence-electron chi connectivity index (χ4n) is 1.12. The number of carbonyl (C=O) groups excluding carboxylic acids is 1. The van der Waals surface area contributed by atoms with E-state index in [4.69, 9.17) is 0 Å². The molecule has 4 nitrogen and oxygen atoms in total. The molecule has 6 heteroatoms. The molecule has 1 amide bonds. The topological polar surface area (TPSA) is 54.0 Å². The minimum Gasteiger partial charge on any atom is -0.367 e. The van der Waals surface area contributed by atoms with Crippen LogP contribution in [0.4, 0.5) is 14.6 Å². The van der Waals surface area contributed by atoms with Gasteiger partial charge in [0.1, 0.15) is 5.82 Å². The van der Waals surface area contributed by atoms with Crippen LogP contribution in [0.25, 0.3) is 0 Å². The number of aromatic nitrogens is 1. The van der Waals surface area contributed by atoms with Gasteiger partial charge in [-0.25, -0.2) is 13.8 Å². The number of pyridine rings is 1. The van der Waals surface area contributed by atoms with Gasteiger partial charge in [-0.3, -0.25) is 4.79 Å². The Balaban J connectivity index is 2.40. The Morgan fingerprint density at radius 1 is 1.50 bits per heavy atom. The Morgan fingerprint density at radius 3 is 2.88 bits per heavy atom. The molecule has 16 heavy (non-hydrogen) atoms. The maximum atomic E-state index is 13.1. The molecule has 0 aromatic carbocycles. The van der Waals surface area contributed by atoms with Gasteiger partial charge in [0.05, 0.1) is 6.20 Å². The molecule has 0 fully saturated rings. The van der Waals surface area contributed by atoms with Crippen LogP contribution in [0.5, 0.6) is 0 Å².